The summed E-state index contributed by atoms with van der Waals surface area (Å²) in [6.07, 6.45) is 2.33. The summed E-state index contributed by atoms with van der Waals surface area (Å²) < 4.78 is 47.0. The van der Waals surface area contributed by atoms with Crippen molar-refractivity contribution in [1.82, 2.24) is 9.97 Å². The SMILES string of the molecule is CC(=NNc1cc(NN=C(C)c2ccc(S(C)(=O)=O)cc2)nc(CSc2ccccc2)n1)c1ccc(S(C)(=O)=O)cc1. The maximum atomic E-state index is 11.8. The highest BCUT2D eigenvalue weighted by molar-refractivity contribution is 7.98. The normalized spacial score (nSPS) is 12.7. The Hall–Kier alpha value is -4.07. The van der Waals surface area contributed by atoms with Crippen molar-refractivity contribution < 1.29 is 16.8 Å². The van der Waals surface area contributed by atoms with Crippen LogP contribution in [0.5, 0.6) is 0 Å². The van der Waals surface area contributed by atoms with Gasteiger partial charge in [0.1, 0.15) is 5.82 Å². The van der Waals surface area contributed by atoms with Crippen LogP contribution in [0.4, 0.5) is 11.6 Å². The van der Waals surface area contributed by atoms with E-state index in [2.05, 4.69) is 31.0 Å². The summed E-state index contributed by atoms with van der Waals surface area (Å²) in [6, 6.07) is 24.6. The number of benzene rings is 3. The van der Waals surface area contributed by atoms with Crippen LogP contribution < -0.4 is 10.9 Å². The summed E-state index contributed by atoms with van der Waals surface area (Å²) in [7, 11) is -6.58. The van der Waals surface area contributed by atoms with Gasteiger partial charge in [0.15, 0.2) is 31.3 Å². The van der Waals surface area contributed by atoms with E-state index in [0.717, 1.165) is 16.0 Å². The molecule has 4 aromatic rings. The highest BCUT2D eigenvalue weighted by atomic mass is 32.2. The van der Waals surface area contributed by atoms with Crippen molar-refractivity contribution >= 4 is 54.5 Å². The zero-order valence-corrected chi connectivity index (χ0v) is 25.9. The van der Waals surface area contributed by atoms with Crippen molar-refractivity contribution in [3.63, 3.8) is 0 Å². The first-order valence-electron chi connectivity index (χ1n) is 12.7. The molecule has 0 aliphatic rings. The molecule has 1 aromatic heterocycles. The number of hydrogen-bond donors (Lipinski definition) is 2. The molecule has 0 saturated carbocycles. The van der Waals surface area contributed by atoms with Crippen molar-refractivity contribution in [3.05, 3.63) is 102 Å². The van der Waals surface area contributed by atoms with Gasteiger partial charge in [0, 0.05) is 23.5 Å². The summed E-state index contributed by atoms with van der Waals surface area (Å²) in [4.78, 5) is 10.8. The van der Waals surface area contributed by atoms with Gasteiger partial charge in [0.25, 0.3) is 0 Å². The standard InChI is InChI=1S/C29H30N6O4S3/c1-20(22-10-14-25(15-11-22)41(3,36)37)32-34-27-18-28(31-29(30-27)19-40-24-8-6-5-7-9-24)35-33-21(2)23-12-16-26(17-13-23)42(4,38)39/h5-18H,19H2,1-4H3,(H2,30,31,34,35). The molecule has 0 unspecified atom stereocenters. The van der Waals surface area contributed by atoms with Gasteiger partial charge in [-0.25, -0.2) is 26.8 Å². The van der Waals surface area contributed by atoms with Crippen LogP contribution in [0.2, 0.25) is 0 Å². The Morgan fingerprint density at radius 1 is 0.690 bits per heavy atom. The van der Waals surface area contributed by atoms with E-state index >= 15 is 0 Å². The summed E-state index contributed by atoms with van der Waals surface area (Å²) in [5, 5.41) is 8.87. The minimum atomic E-state index is -3.29. The van der Waals surface area contributed by atoms with Gasteiger partial charge in [-0.1, -0.05) is 42.5 Å². The number of sulfone groups is 2. The van der Waals surface area contributed by atoms with E-state index in [0.29, 0.717) is 34.6 Å². The van der Waals surface area contributed by atoms with Gasteiger partial charge < -0.3 is 0 Å². The molecule has 0 atom stereocenters. The first kappa shape index (κ1) is 30.9. The van der Waals surface area contributed by atoms with Gasteiger partial charge >= 0.3 is 0 Å². The highest BCUT2D eigenvalue weighted by Crippen LogP contribution is 2.23. The second-order valence-electron chi connectivity index (χ2n) is 9.37. The molecule has 1 heterocycles. The smallest absolute Gasteiger partial charge is 0.175 e. The molecule has 4 rings (SSSR count). The van der Waals surface area contributed by atoms with Crippen molar-refractivity contribution in [2.75, 3.05) is 23.4 Å². The molecule has 0 radical (unpaired) electrons. The van der Waals surface area contributed by atoms with Crippen molar-refractivity contribution in [2.24, 2.45) is 10.2 Å². The molecule has 13 heteroatoms. The Morgan fingerprint density at radius 2 is 1.12 bits per heavy atom. The largest absolute Gasteiger partial charge is 0.261 e. The van der Waals surface area contributed by atoms with Crippen LogP contribution in [-0.2, 0) is 25.4 Å². The molecule has 218 valence electrons. The number of rotatable bonds is 11. The first-order valence-corrected chi connectivity index (χ1v) is 17.4. The van der Waals surface area contributed by atoms with E-state index in [1.54, 1.807) is 80.2 Å². The fourth-order valence-electron chi connectivity index (χ4n) is 3.64. The minimum Gasteiger partial charge on any atom is -0.261 e. The Labute approximate surface area is 250 Å². The van der Waals surface area contributed by atoms with Crippen LogP contribution in [0.3, 0.4) is 0 Å². The fraction of sp³-hybridized carbons (Fsp3) is 0.172. The average molecular weight is 623 g/mol. The maximum absolute atomic E-state index is 11.8. The van der Waals surface area contributed by atoms with Crippen LogP contribution in [0.25, 0.3) is 0 Å². The lowest BCUT2D eigenvalue weighted by atomic mass is 10.1. The van der Waals surface area contributed by atoms with Crippen LogP contribution in [0.1, 0.15) is 30.8 Å². The van der Waals surface area contributed by atoms with Gasteiger partial charge in [-0.3, -0.25) is 10.9 Å². The molecule has 0 aliphatic heterocycles. The predicted octanol–water partition coefficient (Wildman–Crippen LogP) is 5.25. The quantitative estimate of drug-likeness (QED) is 0.130. The minimum absolute atomic E-state index is 0.237. The molecule has 42 heavy (non-hydrogen) atoms. The van der Waals surface area contributed by atoms with E-state index in [4.69, 9.17) is 0 Å². The lowest BCUT2D eigenvalue weighted by molar-refractivity contribution is 0.600. The van der Waals surface area contributed by atoms with Crippen LogP contribution >= 0.6 is 11.8 Å². The number of hydrazone groups is 2. The van der Waals surface area contributed by atoms with Gasteiger partial charge in [-0.2, -0.15) is 10.2 Å². The van der Waals surface area contributed by atoms with E-state index in [1.165, 1.54) is 12.5 Å². The van der Waals surface area contributed by atoms with Crippen LogP contribution in [0, 0.1) is 0 Å². The zero-order chi connectivity index (χ0) is 30.3. The number of nitrogens with one attached hydrogen (secondary N) is 2. The third-order valence-corrected chi connectivity index (χ3v) is 9.23. The van der Waals surface area contributed by atoms with Crippen LogP contribution in [0.15, 0.2) is 110 Å². The molecule has 2 N–H and O–H groups in total. The number of thioether (sulfide) groups is 1. The fourth-order valence-corrected chi connectivity index (χ4v) is 5.67. The molecule has 0 spiro atoms. The maximum Gasteiger partial charge on any atom is 0.175 e. The Kier molecular flexibility index (Phi) is 9.76. The molecule has 0 amide bonds. The van der Waals surface area contributed by atoms with E-state index < -0.39 is 19.7 Å². The van der Waals surface area contributed by atoms with Crippen molar-refractivity contribution in [1.29, 1.82) is 0 Å². The second-order valence-corrected chi connectivity index (χ2v) is 14.4. The highest BCUT2D eigenvalue weighted by Gasteiger charge is 2.10. The van der Waals surface area contributed by atoms with Gasteiger partial charge in [-0.15, -0.1) is 11.8 Å². The number of aromatic nitrogens is 2. The van der Waals surface area contributed by atoms with Crippen LogP contribution in [-0.4, -0.2) is 50.7 Å². The predicted molar refractivity (Wildman–Crippen MR) is 169 cm³/mol. The van der Waals surface area contributed by atoms with Gasteiger partial charge in [-0.05, 0) is 61.4 Å². The Morgan fingerprint density at radius 3 is 1.52 bits per heavy atom. The summed E-state index contributed by atoms with van der Waals surface area (Å²) >= 11 is 1.59. The third kappa shape index (κ3) is 8.71. The lowest BCUT2D eigenvalue weighted by Gasteiger charge is -2.09. The molecule has 3 aromatic carbocycles. The molecular formula is C29H30N6O4S3. The van der Waals surface area contributed by atoms with E-state index in [9.17, 15) is 16.8 Å². The zero-order valence-electron chi connectivity index (χ0n) is 23.4. The number of anilines is 2. The molecule has 0 aliphatic carbocycles. The summed E-state index contributed by atoms with van der Waals surface area (Å²) in [5.74, 6) is 1.92. The lowest BCUT2D eigenvalue weighted by Crippen LogP contribution is -2.07. The summed E-state index contributed by atoms with van der Waals surface area (Å²) in [6.45, 7) is 3.61. The second kappa shape index (κ2) is 13.3. The third-order valence-electron chi connectivity index (χ3n) is 5.96. The molecule has 10 nitrogen and oxygen atoms in total. The molecule has 0 fully saturated rings. The molecule has 0 bridgehead atoms. The number of nitrogens with zero attached hydrogens (tertiary/aromatic N) is 4. The molecular weight excluding hydrogens is 593 g/mol. The van der Waals surface area contributed by atoms with E-state index in [1.807, 2.05) is 30.3 Å². The topological polar surface area (TPSA) is 143 Å². The molecule has 0 saturated heterocycles. The first-order chi connectivity index (χ1) is 19.9. The average Bonchev–Trinajstić information content (AvgIpc) is 2.97. The monoisotopic (exact) mass is 622 g/mol. The van der Waals surface area contributed by atoms with Crippen molar-refractivity contribution in [3.8, 4) is 0 Å². The Balaban J connectivity index is 1.56. The number of hydrogen-bond acceptors (Lipinski definition) is 11. The van der Waals surface area contributed by atoms with Gasteiger partial charge in [0.05, 0.1) is 27.0 Å². The summed E-state index contributed by atoms with van der Waals surface area (Å²) in [5.41, 5.74) is 8.72. The van der Waals surface area contributed by atoms with Gasteiger partial charge in [0.2, 0.25) is 0 Å². The van der Waals surface area contributed by atoms with E-state index in [-0.39, 0.29) is 9.79 Å². The Bertz CT molecular complexity index is 1710. The van der Waals surface area contributed by atoms with Crippen molar-refractivity contribution in [2.45, 2.75) is 34.3 Å².